The van der Waals surface area contributed by atoms with Crippen molar-refractivity contribution in [2.24, 2.45) is 0 Å². The van der Waals surface area contributed by atoms with Crippen molar-refractivity contribution in [1.29, 1.82) is 0 Å². The highest BCUT2D eigenvalue weighted by atomic mass is 32.3. The fourth-order valence-corrected chi connectivity index (χ4v) is 8.44. The maximum atomic E-state index is 17.0. The lowest BCUT2D eigenvalue weighted by Crippen LogP contribution is -2.43. The number of halogens is 1. The third-order valence-electron chi connectivity index (χ3n) is 6.35. The number of carbonyl (C=O) groups is 1. The summed E-state index contributed by atoms with van der Waals surface area (Å²) in [6.45, 7) is -0.0218. The Morgan fingerprint density at radius 1 is 0.700 bits per heavy atom. The van der Waals surface area contributed by atoms with Crippen LogP contribution in [0.1, 0.15) is 30.0 Å². The molecule has 0 aliphatic carbocycles. The Kier molecular flexibility index (Phi) is 9.01. The zero-order chi connectivity index (χ0) is 28.6. The molecule has 1 atom stereocenters. The van der Waals surface area contributed by atoms with Gasteiger partial charge in [-0.25, -0.2) is 26.0 Å². The van der Waals surface area contributed by atoms with E-state index in [-0.39, 0.29) is 13.0 Å². The van der Waals surface area contributed by atoms with Crippen molar-refractivity contribution in [1.82, 2.24) is 5.32 Å². The van der Waals surface area contributed by atoms with Crippen LogP contribution in [0.3, 0.4) is 0 Å². The lowest BCUT2D eigenvalue weighted by atomic mass is 10.0. The Morgan fingerprint density at radius 2 is 1.12 bits per heavy atom. The van der Waals surface area contributed by atoms with Gasteiger partial charge in [0.2, 0.25) is 19.7 Å². The summed E-state index contributed by atoms with van der Waals surface area (Å²) in [6.07, 6.45) is -2.14. The normalized spacial score (nSPS) is 12.8. The number of hydrogen-bond donors (Lipinski definition) is 1. The van der Waals surface area contributed by atoms with Crippen LogP contribution in [0.5, 0.6) is 0 Å². The van der Waals surface area contributed by atoms with Crippen molar-refractivity contribution in [3.8, 4) is 0 Å². The minimum absolute atomic E-state index is 0.0218. The molecule has 4 rings (SSSR count). The number of ether oxygens (including phenoxy) is 1. The third kappa shape index (κ3) is 6.24. The van der Waals surface area contributed by atoms with E-state index in [1.54, 1.807) is 66.7 Å². The van der Waals surface area contributed by atoms with Gasteiger partial charge < -0.3 is 10.1 Å². The summed E-state index contributed by atoms with van der Waals surface area (Å²) >= 11 is 0. The molecule has 0 saturated heterocycles. The van der Waals surface area contributed by atoms with Crippen molar-refractivity contribution >= 4 is 25.8 Å². The van der Waals surface area contributed by atoms with Gasteiger partial charge in [0.1, 0.15) is 6.61 Å². The van der Waals surface area contributed by atoms with Crippen LogP contribution < -0.4 is 5.32 Å². The van der Waals surface area contributed by atoms with E-state index in [0.717, 1.165) is 29.8 Å². The number of amides is 1. The van der Waals surface area contributed by atoms with Crippen molar-refractivity contribution in [3.05, 3.63) is 132 Å². The standard InChI is InChI=1S/C30H28FNO6S2/c31-30(39(34,35)26-17-9-3-10-18-26,40(36,37)27-19-11-4-12-20-27)22-21-28(25-15-7-2-8-16-25)32-29(33)38-23-24-13-5-1-6-14-24/h1-20,28H,21-23H2,(H,32,33). The number of benzene rings is 4. The van der Waals surface area contributed by atoms with Crippen molar-refractivity contribution < 1.29 is 30.8 Å². The molecule has 0 bridgehead atoms. The summed E-state index contributed by atoms with van der Waals surface area (Å²) in [4.78, 5) is 11.8. The van der Waals surface area contributed by atoms with Gasteiger partial charge in [0.05, 0.1) is 15.8 Å². The summed E-state index contributed by atoms with van der Waals surface area (Å²) in [5.41, 5.74) is 1.27. The molecule has 4 aromatic carbocycles. The lowest BCUT2D eigenvalue weighted by molar-refractivity contribution is 0.134. The highest BCUT2D eigenvalue weighted by Crippen LogP contribution is 2.42. The zero-order valence-corrected chi connectivity index (χ0v) is 23.0. The maximum Gasteiger partial charge on any atom is 0.407 e. The fraction of sp³-hybridized carbons (Fsp3) is 0.167. The number of alkyl carbamates (subject to hydrolysis) is 1. The van der Waals surface area contributed by atoms with Gasteiger partial charge in [-0.2, -0.15) is 0 Å². The molecule has 0 radical (unpaired) electrons. The molecule has 0 spiro atoms. The average Bonchev–Trinajstić information content (AvgIpc) is 2.99. The summed E-state index contributed by atoms with van der Waals surface area (Å²) in [5, 5.41) is 2.64. The first-order valence-electron chi connectivity index (χ1n) is 12.5. The van der Waals surface area contributed by atoms with E-state index in [4.69, 9.17) is 4.74 Å². The fourth-order valence-electron chi connectivity index (χ4n) is 4.20. The number of carbonyl (C=O) groups excluding carboxylic acids is 1. The number of alkyl halides is 1. The minimum Gasteiger partial charge on any atom is -0.445 e. The molecule has 1 amide bonds. The molecule has 1 unspecified atom stereocenters. The van der Waals surface area contributed by atoms with Crippen LogP contribution in [-0.4, -0.2) is 27.3 Å². The molecule has 7 nitrogen and oxygen atoms in total. The monoisotopic (exact) mass is 581 g/mol. The number of rotatable bonds is 11. The first kappa shape index (κ1) is 29.0. The maximum absolute atomic E-state index is 17.0. The molecule has 0 aromatic heterocycles. The summed E-state index contributed by atoms with van der Waals surface area (Å²) in [6, 6.07) is 29.7. The second-order valence-electron chi connectivity index (χ2n) is 9.00. The summed E-state index contributed by atoms with van der Waals surface area (Å²) < 4.78 is 73.1. The molecule has 1 N–H and O–H groups in total. The first-order valence-corrected chi connectivity index (χ1v) is 15.4. The lowest BCUT2D eigenvalue weighted by Gasteiger charge is -2.28. The topological polar surface area (TPSA) is 107 Å². The van der Waals surface area contributed by atoms with Gasteiger partial charge >= 0.3 is 10.4 Å². The largest absolute Gasteiger partial charge is 0.445 e. The van der Waals surface area contributed by atoms with Gasteiger partial charge in [0, 0.05) is 6.42 Å². The Hall–Kier alpha value is -4.02. The van der Waals surface area contributed by atoms with Gasteiger partial charge in [-0.05, 0) is 41.8 Å². The number of sulfone groups is 2. The highest BCUT2D eigenvalue weighted by molar-refractivity contribution is 8.10. The first-order chi connectivity index (χ1) is 19.1. The van der Waals surface area contributed by atoms with Gasteiger partial charge in [-0.3, -0.25) is 0 Å². The quantitative estimate of drug-likeness (QED) is 0.233. The summed E-state index contributed by atoms with van der Waals surface area (Å²) in [7, 11) is -10.1. The van der Waals surface area contributed by atoms with Crippen LogP contribution in [0.15, 0.2) is 131 Å². The molecule has 0 heterocycles. The minimum atomic E-state index is -5.06. The van der Waals surface area contributed by atoms with E-state index >= 15 is 4.39 Å². The van der Waals surface area contributed by atoms with E-state index in [0.29, 0.717) is 5.56 Å². The molecule has 4 aromatic rings. The van der Waals surface area contributed by atoms with Crippen molar-refractivity contribution in [2.45, 2.75) is 39.6 Å². The van der Waals surface area contributed by atoms with E-state index in [2.05, 4.69) is 5.32 Å². The molecular formula is C30H28FNO6S2. The van der Waals surface area contributed by atoms with Crippen LogP contribution in [-0.2, 0) is 31.0 Å². The van der Waals surface area contributed by atoms with Crippen LogP contribution >= 0.6 is 0 Å². The third-order valence-corrected chi connectivity index (χ3v) is 11.5. The SMILES string of the molecule is O=C(NC(CCC(F)(S(=O)(=O)c1ccccc1)S(=O)(=O)c1ccccc1)c1ccccc1)OCc1ccccc1. The van der Waals surface area contributed by atoms with Crippen LogP contribution in [0, 0.1) is 0 Å². The van der Waals surface area contributed by atoms with Gasteiger partial charge in [0.15, 0.2) is 0 Å². The van der Waals surface area contributed by atoms with E-state index in [1.165, 1.54) is 24.3 Å². The summed E-state index contributed by atoms with van der Waals surface area (Å²) in [5.74, 6) is 0. The Labute approximate surface area is 233 Å². The molecule has 0 aliphatic rings. The van der Waals surface area contributed by atoms with Gasteiger partial charge in [0.25, 0.3) is 0 Å². The van der Waals surface area contributed by atoms with Crippen molar-refractivity contribution in [3.63, 3.8) is 0 Å². The molecule has 40 heavy (non-hydrogen) atoms. The number of nitrogens with one attached hydrogen (secondary N) is 1. The second kappa shape index (κ2) is 12.4. The molecule has 0 fully saturated rings. The van der Waals surface area contributed by atoms with Crippen LogP contribution in [0.2, 0.25) is 0 Å². The van der Waals surface area contributed by atoms with Crippen LogP contribution in [0.25, 0.3) is 0 Å². The van der Waals surface area contributed by atoms with E-state index in [9.17, 15) is 21.6 Å². The molecule has 0 aliphatic heterocycles. The van der Waals surface area contributed by atoms with E-state index < -0.39 is 52.4 Å². The molecule has 10 heteroatoms. The smallest absolute Gasteiger partial charge is 0.407 e. The molecule has 208 valence electrons. The van der Waals surface area contributed by atoms with E-state index in [1.807, 2.05) is 6.07 Å². The van der Waals surface area contributed by atoms with Crippen molar-refractivity contribution in [2.75, 3.05) is 0 Å². The Bertz CT molecular complexity index is 1550. The predicted molar refractivity (Wildman–Crippen MR) is 149 cm³/mol. The van der Waals surface area contributed by atoms with Gasteiger partial charge in [-0.1, -0.05) is 97.1 Å². The average molecular weight is 582 g/mol. The predicted octanol–water partition coefficient (Wildman–Crippen LogP) is 6.01. The zero-order valence-electron chi connectivity index (χ0n) is 21.4. The Balaban J connectivity index is 1.66. The highest BCUT2D eigenvalue weighted by Gasteiger charge is 2.57. The van der Waals surface area contributed by atoms with Gasteiger partial charge in [-0.15, -0.1) is 0 Å². The molecule has 0 saturated carbocycles. The molecular weight excluding hydrogens is 553 g/mol. The van der Waals surface area contributed by atoms with Crippen LogP contribution in [0.4, 0.5) is 9.18 Å². The Morgan fingerprint density at radius 3 is 1.60 bits per heavy atom. The second-order valence-corrected chi connectivity index (χ2v) is 13.5. The number of hydrogen-bond acceptors (Lipinski definition) is 6.